The maximum atomic E-state index is 10.1. The summed E-state index contributed by atoms with van der Waals surface area (Å²) in [6, 6.07) is 0. The number of hydrogen-bond donors (Lipinski definition) is 8. The molecule has 8 N–H and O–H groups in total. The predicted octanol–water partition coefficient (Wildman–Crippen LogP) is -2.44. The summed E-state index contributed by atoms with van der Waals surface area (Å²) in [7, 11) is 0. The minimum absolute atomic E-state index is 0.136. The van der Waals surface area contributed by atoms with Crippen LogP contribution in [0.5, 0.6) is 0 Å². The molecule has 37 heavy (non-hydrogen) atoms. The monoisotopic (exact) mass is 546 g/mol. The lowest BCUT2D eigenvalue weighted by Crippen LogP contribution is -2.53. The van der Waals surface area contributed by atoms with Crippen molar-refractivity contribution in [2.24, 2.45) is 0 Å². The van der Waals surface area contributed by atoms with Crippen molar-refractivity contribution in [1.29, 1.82) is 0 Å². The van der Waals surface area contributed by atoms with Crippen molar-refractivity contribution < 1.29 is 64.5 Å². The Labute approximate surface area is 219 Å². The lowest BCUT2D eigenvalue weighted by Gasteiger charge is -2.41. The van der Waals surface area contributed by atoms with Crippen molar-refractivity contribution in [1.82, 2.24) is 0 Å². The van der Waals surface area contributed by atoms with Crippen molar-refractivity contribution >= 4 is 0 Å². The van der Waals surface area contributed by atoms with E-state index in [1.807, 2.05) is 0 Å². The summed E-state index contributed by atoms with van der Waals surface area (Å²) in [5.74, 6) is 0. The molecule has 0 aromatic carbocycles. The molecule has 0 amide bonds. The van der Waals surface area contributed by atoms with Gasteiger partial charge in [-0.2, -0.15) is 0 Å². The molecular weight excluding hydrogens is 496 g/mol. The molecule has 0 spiro atoms. The van der Waals surface area contributed by atoms with Gasteiger partial charge in [-0.3, -0.25) is 0 Å². The quantitative estimate of drug-likeness (QED) is 0.0711. The van der Waals surface area contributed by atoms with Crippen LogP contribution < -0.4 is 0 Å². The largest absolute Gasteiger partial charge is 0.393 e. The van der Waals surface area contributed by atoms with Crippen molar-refractivity contribution in [2.45, 2.75) is 75.1 Å². The molecule has 4 atom stereocenters. The van der Waals surface area contributed by atoms with Crippen LogP contribution in [0.2, 0.25) is 0 Å². The second kappa shape index (κ2) is 15.3. The van der Waals surface area contributed by atoms with Crippen LogP contribution in [0.4, 0.5) is 0 Å². The van der Waals surface area contributed by atoms with E-state index < -0.39 is 60.0 Å². The summed E-state index contributed by atoms with van der Waals surface area (Å²) >= 11 is 0. The molecule has 0 saturated heterocycles. The zero-order chi connectivity index (χ0) is 29.0. The highest BCUT2D eigenvalue weighted by Gasteiger charge is 2.39. The Kier molecular flexibility index (Phi) is 15.1. The standard InChI is InChI=1S/C24H50O13/c1-19(29,7-25)11-33-15-23(5,16-34-12-20(2,30)8-26)37-24(6,17-35-13-21(3,31)9-27)18-36-14-22(4,32)10-28/h25-32H,7-18H2,1-6H3. The highest BCUT2D eigenvalue weighted by Crippen LogP contribution is 2.25. The van der Waals surface area contributed by atoms with Gasteiger partial charge >= 0.3 is 0 Å². The molecule has 224 valence electrons. The molecular formula is C24H50O13. The Hall–Kier alpha value is -0.520. The lowest BCUT2D eigenvalue weighted by atomic mass is 10.0. The fraction of sp³-hybridized carbons (Fsp3) is 1.00. The third kappa shape index (κ3) is 16.2. The van der Waals surface area contributed by atoms with Crippen molar-refractivity contribution in [3.05, 3.63) is 0 Å². The van der Waals surface area contributed by atoms with Crippen molar-refractivity contribution in [2.75, 3.05) is 79.3 Å². The van der Waals surface area contributed by atoms with Gasteiger partial charge in [0.05, 0.1) is 79.3 Å². The lowest BCUT2D eigenvalue weighted by molar-refractivity contribution is -0.238. The Morgan fingerprint density at radius 3 is 0.730 bits per heavy atom. The molecule has 0 radical (unpaired) electrons. The molecule has 0 aromatic heterocycles. The van der Waals surface area contributed by atoms with Crippen LogP contribution in [-0.4, -0.2) is 154 Å². The molecule has 0 aliphatic carbocycles. The van der Waals surface area contributed by atoms with Crippen LogP contribution in [0.1, 0.15) is 41.5 Å². The molecule has 0 aliphatic rings. The summed E-state index contributed by atoms with van der Waals surface area (Å²) < 4.78 is 28.8. The fourth-order valence-electron chi connectivity index (χ4n) is 2.93. The summed E-state index contributed by atoms with van der Waals surface area (Å²) in [6.45, 7) is 5.29. The van der Waals surface area contributed by atoms with Gasteiger partial charge in [-0.05, 0) is 41.5 Å². The zero-order valence-electron chi connectivity index (χ0n) is 23.1. The van der Waals surface area contributed by atoms with Gasteiger partial charge < -0.3 is 64.5 Å². The maximum Gasteiger partial charge on any atom is 0.113 e. The summed E-state index contributed by atoms with van der Waals surface area (Å²) in [5, 5.41) is 77.4. The van der Waals surface area contributed by atoms with Crippen molar-refractivity contribution in [3.63, 3.8) is 0 Å². The van der Waals surface area contributed by atoms with Gasteiger partial charge in [0.2, 0.25) is 0 Å². The van der Waals surface area contributed by atoms with Crippen molar-refractivity contribution in [3.8, 4) is 0 Å². The molecule has 0 fully saturated rings. The Balaban J connectivity index is 5.69. The first-order chi connectivity index (χ1) is 16.8. The first-order valence-electron chi connectivity index (χ1n) is 12.1. The van der Waals surface area contributed by atoms with E-state index in [0.717, 1.165) is 0 Å². The Morgan fingerprint density at radius 1 is 0.378 bits per heavy atom. The van der Waals surface area contributed by atoms with E-state index in [4.69, 9.17) is 23.7 Å². The van der Waals surface area contributed by atoms with Gasteiger partial charge in [0.1, 0.15) is 33.6 Å². The second-order valence-corrected chi connectivity index (χ2v) is 11.6. The third-order valence-electron chi connectivity index (χ3n) is 5.14. The first-order valence-corrected chi connectivity index (χ1v) is 12.1. The van der Waals surface area contributed by atoms with Gasteiger partial charge in [-0.25, -0.2) is 0 Å². The zero-order valence-corrected chi connectivity index (χ0v) is 23.1. The van der Waals surface area contributed by atoms with E-state index in [0.29, 0.717) is 0 Å². The van der Waals surface area contributed by atoms with Crippen LogP contribution in [0.25, 0.3) is 0 Å². The van der Waals surface area contributed by atoms with Crippen LogP contribution >= 0.6 is 0 Å². The maximum absolute atomic E-state index is 10.1. The van der Waals surface area contributed by atoms with Gasteiger partial charge in [-0.15, -0.1) is 0 Å². The molecule has 0 aliphatic heterocycles. The van der Waals surface area contributed by atoms with E-state index in [1.54, 1.807) is 13.8 Å². The van der Waals surface area contributed by atoms with Crippen LogP contribution in [0, 0.1) is 0 Å². The number of rotatable bonds is 22. The first kappa shape index (κ1) is 36.5. The minimum atomic E-state index is -1.50. The van der Waals surface area contributed by atoms with E-state index in [1.165, 1.54) is 27.7 Å². The SMILES string of the molecule is CC(O)(CO)COCC(C)(COCC(C)(O)CO)OC(C)(COCC(C)(O)CO)COCC(C)(O)CO. The van der Waals surface area contributed by atoms with Gasteiger partial charge in [0.15, 0.2) is 0 Å². The van der Waals surface area contributed by atoms with E-state index in [9.17, 15) is 40.9 Å². The molecule has 0 saturated carbocycles. The van der Waals surface area contributed by atoms with Crippen LogP contribution in [0.15, 0.2) is 0 Å². The van der Waals surface area contributed by atoms with E-state index in [2.05, 4.69) is 0 Å². The Bertz CT molecular complexity index is 526. The normalized spacial score (nSPS) is 22.2. The molecule has 13 heteroatoms. The van der Waals surface area contributed by atoms with Gasteiger partial charge in [0, 0.05) is 0 Å². The minimum Gasteiger partial charge on any atom is -0.393 e. The average molecular weight is 547 g/mol. The Morgan fingerprint density at radius 2 is 0.568 bits per heavy atom. The average Bonchev–Trinajstić information content (AvgIpc) is 2.78. The van der Waals surface area contributed by atoms with Crippen LogP contribution in [-0.2, 0) is 23.7 Å². The number of hydrogen-bond acceptors (Lipinski definition) is 13. The molecule has 0 bridgehead atoms. The van der Waals surface area contributed by atoms with Crippen LogP contribution in [0.3, 0.4) is 0 Å². The third-order valence-corrected chi connectivity index (χ3v) is 5.14. The molecule has 0 aromatic rings. The summed E-state index contributed by atoms with van der Waals surface area (Å²) in [5.41, 5.74) is -8.46. The highest BCUT2D eigenvalue weighted by molar-refractivity contribution is 4.86. The van der Waals surface area contributed by atoms with E-state index >= 15 is 0 Å². The molecule has 4 unspecified atom stereocenters. The van der Waals surface area contributed by atoms with Gasteiger partial charge in [-0.1, -0.05) is 0 Å². The highest BCUT2D eigenvalue weighted by atomic mass is 16.6. The smallest absolute Gasteiger partial charge is 0.113 e. The predicted molar refractivity (Wildman–Crippen MR) is 132 cm³/mol. The summed E-state index contributed by atoms with van der Waals surface area (Å²) in [4.78, 5) is 0. The number of ether oxygens (including phenoxy) is 5. The van der Waals surface area contributed by atoms with E-state index in [-0.39, 0.29) is 52.9 Å². The topological polar surface area (TPSA) is 208 Å². The molecule has 0 heterocycles. The number of aliphatic hydroxyl groups excluding tert-OH is 4. The molecule has 0 rings (SSSR count). The molecule has 13 nitrogen and oxygen atoms in total. The van der Waals surface area contributed by atoms with Gasteiger partial charge in [0.25, 0.3) is 0 Å². The second-order valence-electron chi connectivity index (χ2n) is 11.6. The summed E-state index contributed by atoms with van der Waals surface area (Å²) in [6.07, 6.45) is 0. The fourth-order valence-corrected chi connectivity index (χ4v) is 2.93. The number of aliphatic hydroxyl groups is 8.